The largest absolute Gasteiger partial charge is 0.373 e. The molecule has 4 rings (SSSR count). The zero-order valence-electron chi connectivity index (χ0n) is 19.2. The Morgan fingerprint density at radius 1 is 0.844 bits per heavy atom. The molecule has 0 aliphatic carbocycles. The monoisotopic (exact) mass is 426 g/mol. The number of carbonyl (C=O) groups is 2. The number of aromatic amines is 1. The highest BCUT2D eigenvalue weighted by Gasteiger charge is 2.37. The number of carbonyl (C=O) groups excluding carboxylic acids is 2. The Morgan fingerprint density at radius 2 is 1.41 bits per heavy atom. The summed E-state index contributed by atoms with van der Waals surface area (Å²) in [6.07, 6.45) is 1.57. The van der Waals surface area contributed by atoms with E-state index in [-0.39, 0.29) is 23.5 Å². The first-order chi connectivity index (χ1) is 15.5. The predicted molar refractivity (Wildman–Crippen MR) is 128 cm³/mol. The molecule has 4 nitrogen and oxygen atoms in total. The van der Waals surface area contributed by atoms with Crippen LogP contribution in [-0.2, 0) is 6.42 Å². The van der Waals surface area contributed by atoms with Crippen LogP contribution in [0.3, 0.4) is 0 Å². The van der Waals surface area contributed by atoms with Crippen molar-refractivity contribution < 1.29 is 9.59 Å². The second kappa shape index (κ2) is 8.99. The van der Waals surface area contributed by atoms with Gasteiger partial charge in [-0.15, -0.1) is 0 Å². The fourth-order valence-corrected chi connectivity index (χ4v) is 4.90. The number of hydrogen-bond acceptors (Lipinski definition) is 3. The molecular formula is C28H30N2O2. The van der Waals surface area contributed by atoms with Crippen molar-refractivity contribution in [1.82, 2.24) is 10.3 Å². The highest BCUT2D eigenvalue weighted by Crippen LogP contribution is 2.40. The van der Waals surface area contributed by atoms with Gasteiger partial charge in [-0.2, -0.15) is 0 Å². The average molecular weight is 427 g/mol. The third-order valence-corrected chi connectivity index (χ3v) is 6.66. The highest BCUT2D eigenvalue weighted by atomic mass is 16.1. The molecular weight excluding hydrogens is 396 g/mol. The minimum atomic E-state index is -0.0739. The van der Waals surface area contributed by atoms with Gasteiger partial charge in [0.05, 0.1) is 17.4 Å². The number of aromatic nitrogens is 1. The van der Waals surface area contributed by atoms with Crippen LogP contribution in [0.25, 0.3) is 0 Å². The maximum Gasteiger partial charge on any atom is 0.209 e. The van der Waals surface area contributed by atoms with E-state index in [9.17, 15) is 9.59 Å². The molecule has 164 valence electrons. The van der Waals surface area contributed by atoms with Crippen LogP contribution in [0.2, 0.25) is 0 Å². The van der Waals surface area contributed by atoms with Crippen LogP contribution >= 0.6 is 0 Å². The van der Waals surface area contributed by atoms with Gasteiger partial charge < -0.3 is 10.3 Å². The van der Waals surface area contributed by atoms with E-state index in [1.165, 1.54) is 0 Å². The van der Waals surface area contributed by atoms with Gasteiger partial charge in [0.1, 0.15) is 0 Å². The van der Waals surface area contributed by atoms with E-state index in [1.807, 2.05) is 60.7 Å². The second-order valence-electron chi connectivity index (χ2n) is 8.43. The maximum atomic E-state index is 13.3. The molecule has 1 aliphatic heterocycles. The topological polar surface area (TPSA) is 62.0 Å². The Morgan fingerprint density at radius 3 is 1.94 bits per heavy atom. The summed E-state index contributed by atoms with van der Waals surface area (Å²) in [7, 11) is 0. The first-order valence-corrected chi connectivity index (χ1v) is 11.4. The molecule has 2 atom stereocenters. The van der Waals surface area contributed by atoms with Crippen molar-refractivity contribution in [1.29, 1.82) is 0 Å². The summed E-state index contributed by atoms with van der Waals surface area (Å²) in [4.78, 5) is 30.0. The average Bonchev–Trinajstić information content (AvgIpc) is 3.34. The first kappa shape index (κ1) is 21.8. The molecule has 0 amide bonds. The Balaban J connectivity index is 1.71. The summed E-state index contributed by atoms with van der Waals surface area (Å²) in [5.74, 6) is 0.174. The summed E-state index contributed by atoms with van der Waals surface area (Å²) in [6, 6.07) is 18.7. The summed E-state index contributed by atoms with van der Waals surface area (Å²) in [6.45, 7) is 8.40. The van der Waals surface area contributed by atoms with Crippen molar-refractivity contribution in [2.75, 3.05) is 0 Å². The SMILES string of the molecule is CCC1=C(C(=O)c2ccccc2)NC(c2[nH]c(C(=O)c3ccccc3)c(CC)c2C)C1C. The summed E-state index contributed by atoms with van der Waals surface area (Å²) in [5.41, 5.74) is 6.98. The van der Waals surface area contributed by atoms with Crippen molar-refractivity contribution in [2.45, 2.75) is 46.6 Å². The van der Waals surface area contributed by atoms with Crippen LogP contribution < -0.4 is 5.32 Å². The molecule has 0 spiro atoms. The van der Waals surface area contributed by atoms with Gasteiger partial charge in [0, 0.05) is 22.7 Å². The van der Waals surface area contributed by atoms with Gasteiger partial charge in [-0.1, -0.05) is 81.4 Å². The van der Waals surface area contributed by atoms with E-state index in [4.69, 9.17) is 0 Å². The first-order valence-electron chi connectivity index (χ1n) is 11.4. The van der Waals surface area contributed by atoms with Crippen molar-refractivity contribution in [2.24, 2.45) is 5.92 Å². The van der Waals surface area contributed by atoms with Crippen LogP contribution in [0.15, 0.2) is 71.9 Å². The molecule has 2 unspecified atom stereocenters. The molecule has 0 saturated carbocycles. The number of H-pyrrole nitrogens is 1. The van der Waals surface area contributed by atoms with Crippen LogP contribution in [0, 0.1) is 12.8 Å². The Kier molecular flexibility index (Phi) is 6.13. The molecule has 2 aromatic carbocycles. The molecule has 0 fully saturated rings. The van der Waals surface area contributed by atoms with Crippen molar-refractivity contribution in [3.8, 4) is 0 Å². The molecule has 1 aliphatic rings. The fraction of sp³-hybridized carbons (Fsp3) is 0.286. The molecule has 2 heterocycles. The standard InChI is InChI=1S/C28H30N2O2/c1-5-21-17(3)23(29-25(21)27(31)19-13-9-7-10-14-19)24-18(4)22(6-2)26(30-24)28(32)20-15-11-8-12-16-20/h7-17,23,29-30H,5-6H2,1-4H3. The lowest BCUT2D eigenvalue weighted by atomic mass is 9.90. The van der Waals surface area contributed by atoms with Crippen LogP contribution in [0.5, 0.6) is 0 Å². The lowest BCUT2D eigenvalue weighted by Gasteiger charge is -2.19. The van der Waals surface area contributed by atoms with Gasteiger partial charge in [-0.25, -0.2) is 0 Å². The number of hydrogen-bond donors (Lipinski definition) is 2. The summed E-state index contributed by atoms with van der Waals surface area (Å²) >= 11 is 0. The van der Waals surface area contributed by atoms with Gasteiger partial charge in [-0.05, 0) is 36.5 Å². The van der Waals surface area contributed by atoms with Crippen LogP contribution in [0.4, 0.5) is 0 Å². The molecule has 4 heteroatoms. The molecule has 2 N–H and O–H groups in total. The third kappa shape index (κ3) is 3.70. The molecule has 0 radical (unpaired) electrons. The zero-order chi connectivity index (χ0) is 22.8. The second-order valence-corrected chi connectivity index (χ2v) is 8.43. The third-order valence-electron chi connectivity index (χ3n) is 6.66. The molecule has 32 heavy (non-hydrogen) atoms. The lowest BCUT2D eigenvalue weighted by Crippen LogP contribution is -2.23. The summed E-state index contributed by atoms with van der Waals surface area (Å²) in [5, 5.41) is 3.53. The van der Waals surface area contributed by atoms with E-state index in [2.05, 4.69) is 38.0 Å². The van der Waals surface area contributed by atoms with Gasteiger partial charge >= 0.3 is 0 Å². The van der Waals surface area contributed by atoms with Crippen molar-refractivity contribution in [3.05, 3.63) is 106 Å². The number of Topliss-reactive ketones (excluding diaryl/α,β-unsaturated/α-hetero) is 1. The lowest BCUT2D eigenvalue weighted by molar-refractivity contribution is 0.102. The van der Waals surface area contributed by atoms with Gasteiger partial charge in [-0.3, -0.25) is 9.59 Å². The van der Waals surface area contributed by atoms with Crippen molar-refractivity contribution >= 4 is 11.6 Å². The van der Waals surface area contributed by atoms with E-state index >= 15 is 0 Å². The van der Waals surface area contributed by atoms with E-state index in [0.29, 0.717) is 22.5 Å². The Hall–Kier alpha value is -3.40. The highest BCUT2D eigenvalue weighted by molar-refractivity contribution is 6.10. The van der Waals surface area contributed by atoms with Crippen molar-refractivity contribution in [3.63, 3.8) is 0 Å². The normalized spacial score (nSPS) is 18.0. The van der Waals surface area contributed by atoms with Gasteiger partial charge in [0.25, 0.3) is 0 Å². The quantitative estimate of drug-likeness (QED) is 0.459. The number of nitrogens with one attached hydrogen (secondary N) is 2. The molecule has 1 aromatic heterocycles. The smallest absolute Gasteiger partial charge is 0.209 e. The van der Waals surface area contributed by atoms with E-state index < -0.39 is 0 Å². The van der Waals surface area contributed by atoms with E-state index in [1.54, 1.807) is 0 Å². The number of rotatable bonds is 7. The van der Waals surface area contributed by atoms with Crippen LogP contribution in [-0.4, -0.2) is 16.6 Å². The van der Waals surface area contributed by atoms with E-state index in [0.717, 1.165) is 35.2 Å². The molecule has 0 saturated heterocycles. The fourth-order valence-electron chi connectivity index (χ4n) is 4.90. The van der Waals surface area contributed by atoms with Crippen LogP contribution in [0.1, 0.15) is 76.5 Å². The predicted octanol–water partition coefficient (Wildman–Crippen LogP) is 5.94. The Bertz CT molecular complexity index is 1170. The summed E-state index contributed by atoms with van der Waals surface area (Å²) < 4.78 is 0. The Labute approximate surface area is 189 Å². The number of allylic oxidation sites excluding steroid dienone is 1. The van der Waals surface area contributed by atoms with Gasteiger partial charge in [0.2, 0.25) is 11.6 Å². The number of ketones is 2. The minimum Gasteiger partial charge on any atom is -0.373 e. The minimum absolute atomic E-state index is 0.00621. The maximum absolute atomic E-state index is 13.3. The molecule has 3 aromatic rings. The van der Waals surface area contributed by atoms with Gasteiger partial charge in [0.15, 0.2) is 0 Å². The molecule has 0 bridgehead atoms. The zero-order valence-corrected chi connectivity index (χ0v) is 19.2. The number of benzene rings is 2.